The highest BCUT2D eigenvalue weighted by Gasteiger charge is 2.07. The number of esters is 1. The third-order valence-corrected chi connectivity index (χ3v) is 0.985. The molecule has 0 heterocycles. The molecular weight excluding hydrogens is 228 g/mol. The summed E-state index contributed by atoms with van der Waals surface area (Å²) in [7, 11) is 0. The van der Waals surface area contributed by atoms with Crippen molar-refractivity contribution in [3.63, 3.8) is 0 Å². The Morgan fingerprint density at radius 1 is 1.58 bits per heavy atom. The van der Waals surface area contributed by atoms with E-state index in [1.54, 1.807) is 13.8 Å². The summed E-state index contributed by atoms with van der Waals surface area (Å²) in [6.45, 7) is 5.06. The Bertz CT molecular complexity index is 140. The van der Waals surface area contributed by atoms with Crippen LogP contribution in [-0.2, 0) is 14.3 Å². The number of hydrogen-bond donors (Lipinski definition) is 1. The molecule has 0 radical (unpaired) electrons. The zero-order valence-corrected chi connectivity index (χ0v) is 8.92. The fraction of sp³-hybridized carbons (Fsp3) is 0.714. The Kier molecular flexibility index (Phi) is 9.92. The molecule has 0 bridgehead atoms. The lowest BCUT2D eigenvalue weighted by molar-refractivity contribution is -0.142. The molecule has 72 valence electrons. The van der Waals surface area contributed by atoms with Gasteiger partial charge < -0.3 is 9.84 Å². The molecule has 0 fully saturated rings. The Morgan fingerprint density at radius 2 is 1.92 bits per heavy atom. The minimum Gasteiger partial charge on any atom is -0.481 e. The van der Waals surface area contributed by atoms with Crippen molar-refractivity contribution in [3.05, 3.63) is 0 Å². The molecule has 1 N–H and O–H groups in total. The maximum absolute atomic E-state index is 10.5. The lowest BCUT2D eigenvalue weighted by Crippen LogP contribution is -2.13. The molecule has 1 atom stereocenters. The van der Waals surface area contributed by atoms with Gasteiger partial charge in [-0.25, -0.2) is 0 Å². The highest BCUT2D eigenvalue weighted by molar-refractivity contribution is 9.10. The maximum Gasteiger partial charge on any atom is 0.319 e. The summed E-state index contributed by atoms with van der Waals surface area (Å²) in [5, 5.41) is 7.42. The number of carbonyl (C=O) groups excluding carboxylic acids is 1. The SMILES string of the molecule is CC(=O)O.CCOC(=O)C(C)Br. The lowest BCUT2D eigenvalue weighted by atomic mass is 10.5. The van der Waals surface area contributed by atoms with Gasteiger partial charge in [-0.1, -0.05) is 15.9 Å². The molecule has 0 spiro atoms. The van der Waals surface area contributed by atoms with Gasteiger partial charge in [-0.3, -0.25) is 9.59 Å². The average molecular weight is 241 g/mol. The number of rotatable bonds is 2. The summed E-state index contributed by atoms with van der Waals surface area (Å²) >= 11 is 3.07. The fourth-order valence-electron chi connectivity index (χ4n) is 0.257. The van der Waals surface area contributed by atoms with E-state index < -0.39 is 5.97 Å². The maximum atomic E-state index is 10.5. The molecule has 1 unspecified atom stereocenters. The topological polar surface area (TPSA) is 63.6 Å². The van der Waals surface area contributed by atoms with Crippen LogP contribution in [0.4, 0.5) is 0 Å². The molecule has 0 aromatic rings. The van der Waals surface area contributed by atoms with Gasteiger partial charge in [-0.2, -0.15) is 0 Å². The van der Waals surface area contributed by atoms with Crippen LogP contribution in [0.5, 0.6) is 0 Å². The van der Waals surface area contributed by atoms with Crippen molar-refractivity contribution in [2.45, 2.75) is 25.6 Å². The largest absolute Gasteiger partial charge is 0.481 e. The number of carboxylic acids is 1. The summed E-state index contributed by atoms with van der Waals surface area (Å²) < 4.78 is 4.62. The summed E-state index contributed by atoms with van der Waals surface area (Å²) in [6, 6.07) is 0. The van der Waals surface area contributed by atoms with Gasteiger partial charge in [-0.15, -0.1) is 0 Å². The first kappa shape index (κ1) is 14.0. The first-order chi connectivity index (χ1) is 5.41. The van der Waals surface area contributed by atoms with E-state index in [0.29, 0.717) is 6.61 Å². The van der Waals surface area contributed by atoms with Crippen molar-refractivity contribution in [1.29, 1.82) is 0 Å². The van der Waals surface area contributed by atoms with E-state index in [4.69, 9.17) is 9.90 Å². The van der Waals surface area contributed by atoms with Crippen LogP contribution in [0.15, 0.2) is 0 Å². The van der Waals surface area contributed by atoms with Crippen LogP contribution in [-0.4, -0.2) is 28.5 Å². The number of hydrogen-bond acceptors (Lipinski definition) is 3. The quantitative estimate of drug-likeness (QED) is 0.586. The molecule has 0 amide bonds. The molecule has 0 rings (SSSR count). The molecule has 0 aromatic carbocycles. The van der Waals surface area contributed by atoms with E-state index in [1.165, 1.54) is 0 Å². The standard InChI is InChI=1S/C5H9BrO2.C2H4O2/c1-3-8-5(7)4(2)6;1-2(3)4/h4H,3H2,1-2H3;1H3,(H,3,4). The van der Waals surface area contributed by atoms with Crippen LogP contribution >= 0.6 is 15.9 Å². The minimum absolute atomic E-state index is 0.178. The van der Waals surface area contributed by atoms with Gasteiger partial charge in [-0.05, 0) is 13.8 Å². The van der Waals surface area contributed by atoms with E-state index in [-0.39, 0.29) is 10.8 Å². The molecule has 0 aliphatic carbocycles. The van der Waals surface area contributed by atoms with Crippen molar-refractivity contribution in [1.82, 2.24) is 0 Å². The van der Waals surface area contributed by atoms with E-state index in [9.17, 15) is 4.79 Å². The second-order valence-corrected chi connectivity index (χ2v) is 3.26. The van der Waals surface area contributed by atoms with Crippen LogP contribution in [0.25, 0.3) is 0 Å². The van der Waals surface area contributed by atoms with Gasteiger partial charge in [0.1, 0.15) is 4.83 Å². The number of halogens is 1. The van der Waals surface area contributed by atoms with Gasteiger partial charge in [0.05, 0.1) is 6.61 Å². The Balaban J connectivity index is 0. The van der Waals surface area contributed by atoms with Crippen LogP contribution in [0.2, 0.25) is 0 Å². The number of ether oxygens (including phenoxy) is 1. The molecule has 5 heteroatoms. The van der Waals surface area contributed by atoms with Crippen LogP contribution < -0.4 is 0 Å². The van der Waals surface area contributed by atoms with Crippen molar-refractivity contribution in [3.8, 4) is 0 Å². The molecule has 0 aliphatic heterocycles. The van der Waals surface area contributed by atoms with Gasteiger partial charge >= 0.3 is 5.97 Å². The third kappa shape index (κ3) is 16.2. The van der Waals surface area contributed by atoms with E-state index in [2.05, 4.69) is 20.7 Å². The Morgan fingerprint density at radius 3 is 2.00 bits per heavy atom. The first-order valence-electron chi connectivity index (χ1n) is 3.42. The molecule has 12 heavy (non-hydrogen) atoms. The van der Waals surface area contributed by atoms with E-state index in [0.717, 1.165) is 6.92 Å². The summed E-state index contributed by atoms with van der Waals surface area (Å²) in [6.07, 6.45) is 0. The fourth-order valence-corrected chi connectivity index (χ4v) is 0.389. The van der Waals surface area contributed by atoms with Crippen molar-refractivity contribution in [2.24, 2.45) is 0 Å². The molecule has 0 saturated heterocycles. The summed E-state index contributed by atoms with van der Waals surface area (Å²) in [4.78, 5) is 19.3. The van der Waals surface area contributed by atoms with Crippen molar-refractivity contribution >= 4 is 27.9 Å². The molecular formula is C7H13BrO4. The minimum atomic E-state index is -0.833. The predicted octanol–water partition coefficient (Wildman–Crippen LogP) is 1.42. The predicted molar refractivity (Wildman–Crippen MR) is 48.3 cm³/mol. The first-order valence-corrected chi connectivity index (χ1v) is 4.33. The number of alkyl halides is 1. The van der Waals surface area contributed by atoms with Gasteiger partial charge in [0, 0.05) is 6.92 Å². The number of carbonyl (C=O) groups is 2. The summed E-state index contributed by atoms with van der Waals surface area (Å²) in [5.41, 5.74) is 0. The monoisotopic (exact) mass is 240 g/mol. The van der Waals surface area contributed by atoms with Crippen molar-refractivity contribution in [2.75, 3.05) is 6.61 Å². The highest BCUT2D eigenvalue weighted by Crippen LogP contribution is 1.98. The Labute approximate surface area is 80.0 Å². The smallest absolute Gasteiger partial charge is 0.319 e. The Hall–Kier alpha value is -0.580. The zero-order chi connectivity index (χ0) is 10.1. The van der Waals surface area contributed by atoms with E-state index >= 15 is 0 Å². The normalized spacial score (nSPS) is 10.7. The van der Waals surface area contributed by atoms with Gasteiger partial charge in [0.15, 0.2) is 0 Å². The average Bonchev–Trinajstić information content (AvgIpc) is 1.86. The molecule has 4 nitrogen and oxygen atoms in total. The van der Waals surface area contributed by atoms with Crippen LogP contribution in [0.3, 0.4) is 0 Å². The lowest BCUT2D eigenvalue weighted by Gasteiger charge is -2.00. The van der Waals surface area contributed by atoms with Crippen LogP contribution in [0, 0.1) is 0 Å². The highest BCUT2D eigenvalue weighted by atomic mass is 79.9. The van der Waals surface area contributed by atoms with Gasteiger partial charge in [0.2, 0.25) is 0 Å². The van der Waals surface area contributed by atoms with Gasteiger partial charge in [0.25, 0.3) is 5.97 Å². The number of carboxylic acid groups (broad SMARTS) is 1. The molecule has 0 saturated carbocycles. The number of aliphatic carboxylic acids is 1. The van der Waals surface area contributed by atoms with E-state index in [1.807, 2.05) is 0 Å². The third-order valence-electron chi connectivity index (χ3n) is 0.611. The summed E-state index contributed by atoms with van der Waals surface area (Å²) in [5.74, 6) is -1.03. The second-order valence-electron chi connectivity index (χ2n) is 1.89. The van der Waals surface area contributed by atoms with Crippen molar-refractivity contribution < 1.29 is 19.4 Å². The second kappa shape index (κ2) is 8.52. The zero-order valence-electron chi connectivity index (χ0n) is 7.33. The molecule has 0 aromatic heterocycles. The molecule has 0 aliphatic rings. The van der Waals surface area contributed by atoms with Crippen LogP contribution in [0.1, 0.15) is 20.8 Å².